The van der Waals surface area contributed by atoms with Gasteiger partial charge in [0.15, 0.2) is 0 Å². The summed E-state index contributed by atoms with van der Waals surface area (Å²) in [7, 11) is 0. The lowest BCUT2D eigenvalue weighted by Crippen LogP contribution is -2.58. The fraction of sp³-hybridized carbons (Fsp3) is 0.750. The highest BCUT2D eigenvalue weighted by atomic mass is 32.2. The van der Waals surface area contributed by atoms with Gasteiger partial charge < -0.3 is 4.42 Å². The maximum absolute atomic E-state index is 5.34. The number of furan rings is 1. The Labute approximate surface area is 119 Å². The molecule has 0 amide bonds. The Balaban J connectivity index is 1.62. The summed E-state index contributed by atoms with van der Waals surface area (Å²) in [5, 5.41) is 0. The smallest absolute Gasteiger partial charge is 0.0950 e. The molecule has 3 heteroatoms. The Morgan fingerprint density at radius 3 is 2.89 bits per heavy atom. The van der Waals surface area contributed by atoms with Gasteiger partial charge in [-0.1, -0.05) is 6.92 Å². The van der Waals surface area contributed by atoms with Gasteiger partial charge in [0.2, 0.25) is 0 Å². The monoisotopic (exact) mass is 277 g/mol. The third-order valence-corrected chi connectivity index (χ3v) is 7.24. The van der Waals surface area contributed by atoms with E-state index in [1.807, 2.05) is 12.5 Å². The second kappa shape index (κ2) is 4.56. The van der Waals surface area contributed by atoms with Crippen molar-refractivity contribution >= 4 is 11.8 Å². The topological polar surface area (TPSA) is 16.4 Å². The van der Waals surface area contributed by atoms with Gasteiger partial charge in [0.1, 0.15) is 0 Å². The van der Waals surface area contributed by atoms with E-state index >= 15 is 0 Å². The minimum absolute atomic E-state index is 0.614. The molecular weight excluding hydrogens is 254 g/mol. The van der Waals surface area contributed by atoms with Crippen LogP contribution in [0.3, 0.4) is 0 Å². The van der Waals surface area contributed by atoms with Crippen molar-refractivity contribution in [2.75, 3.05) is 18.1 Å². The van der Waals surface area contributed by atoms with E-state index < -0.39 is 0 Å². The second-order valence-electron chi connectivity index (χ2n) is 6.90. The molecule has 1 aromatic rings. The molecule has 3 aliphatic heterocycles. The number of fused-ring (bicyclic) bond motifs is 1. The molecule has 3 atom stereocenters. The van der Waals surface area contributed by atoms with E-state index in [0.717, 1.165) is 12.0 Å². The van der Waals surface area contributed by atoms with Gasteiger partial charge in [0.25, 0.3) is 0 Å². The molecule has 0 aromatic carbocycles. The van der Waals surface area contributed by atoms with Gasteiger partial charge in [-0.2, -0.15) is 11.8 Å². The summed E-state index contributed by atoms with van der Waals surface area (Å²) < 4.78 is 5.34. The molecule has 1 spiro atoms. The van der Waals surface area contributed by atoms with Crippen molar-refractivity contribution in [2.24, 2.45) is 11.3 Å². The highest BCUT2D eigenvalue weighted by molar-refractivity contribution is 8.00. The van der Waals surface area contributed by atoms with Crippen LogP contribution in [-0.4, -0.2) is 29.0 Å². The molecule has 0 radical (unpaired) electrons. The van der Waals surface area contributed by atoms with Crippen LogP contribution in [0.25, 0.3) is 0 Å². The van der Waals surface area contributed by atoms with Gasteiger partial charge >= 0.3 is 0 Å². The average molecular weight is 277 g/mol. The molecule has 0 unspecified atom stereocenters. The normalized spacial score (nSPS) is 37.8. The molecule has 2 nitrogen and oxygen atoms in total. The van der Waals surface area contributed by atoms with Gasteiger partial charge in [0, 0.05) is 41.1 Å². The maximum Gasteiger partial charge on any atom is 0.0950 e. The number of piperidine rings is 2. The van der Waals surface area contributed by atoms with E-state index in [0.29, 0.717) is 11.5 Å². The average Bonchev–Trinajstić information content (AvgIpc) is 2.91. The zero-order valence-electron chi connectivity index (χ0n) is 11.7. The quantitative estimate of drug-likeness (QED) is 0.773. The zero-order chi connectivity index (χ0) is 12.9. The Kier molecular flexibility index (Phi) is 2.96. The minimum Gasteiger partial charge on any atom is -0.472 e. The molecule has 0 bridgehead atoms. The summed E-state index contributed by atoms with van der Waals surface area (Å²) in [6.07, 6.45) is 9.36. The van der Waals surface area contributed by atoms with Crippen LogP contribution in [0, 0.1) is 11.3 Å². The van der Waals surface area contributed by atoms with Crippen LogP contribution in [-0.2, 0) is 0 Å². The highest BCUT2D eigenvalue weighted by Crippen LogP contribution is 2.51. The molecule has 3 fully saturated rings. The number of rotatable bonds is 1. The Morgan fingerprint density at radius 2 is 2.21 bits per heavy atom. The Morgan fingerprint density at radius 1 is 1.32 bits per heavy atom. The van der Waals surface area contributed by atoms with E-state index in [4.69, 9.17) is 4.42 Å². The third-order valence-electron chi connectivity index (χ3n) is 5.61. The molecule has 0 saturated carbocycles. The molecule has 3 aliphatic rings. The maximum atomic E-state index is 5.34. The molecule has 1 aromatic heterocycles. The molecule has 19 heavy (non-hydrogen) atoms. The van der Waals surface area contributed by atoms with Gasteiger partial charge in [-0.15, -0.1) is 0 Å². The highest BCUT2D eigenvalue weighted by Gasteiger charge is 2.48. The lowest BCUT2D eigenvalue weighted by atomic mass is 9.72. The molecule has 0 N–H and O–H groups in total. The largest absolute Gasteiger partial charge is 0.472 e. The van der Waals surface area contributed by atoms with Crippen molar-refractivity contribution in [3.63, 3.8) is 0 Å². The first-order valence-corrected chi connectivity index (χ1v) is 8.79. The van der Waals surface area contributed by atoms with Crippen molar-refractivity contribution in [3.8, 4) is 0 Å². The van der Waals surface area contributed by atoms with Crippen LogP contribution in [0.4, 0.5) is 0 Å². The van der Waals surface area contributed by atoms with Gasteiger partial charge in [0.05, 0.1) is 12.5 Å². The molecule has 4 heterocycles. The van der Waals surface area contributed by atoms with Crippen molar-refractivity contribution in [1.29, 1.82) is 0 Å². The van der Waals surface area contributed by atoms with Crippen LogP contribution in [0.1, 0.15) is 44.2 Å². The van der Waals surface area contributed by atoms with Crippen molar-refractivity contribution in [1.82, 2.24) is 4.90 Å². The Hall–Kier alpha value is -0.410. The summed E-state index contributed by atoms with van der Waals surface area (Å²) >= 11 is 2.14. The molecule has 104 valence electrons. The van der Waals surface area contributed by atoms with Crippen LogP contribution in [0.15, 0.2) is 23.0 Å². The number of hydrogen-bond donors (Lipinski definition) is 0. The van der Waals surface area contributed by atoms with Crippen molar-refractivity contribution in [2.45, 2.75) is 44.7 Å². The third kappa shape index (κ3) is 1.97. The fourth-order valence-electron chi connectivity index (χ4n) is 4.38. The first kappa shape index (κ1) is 12.3. The molecule has 0 aliphatic carbocycles. The van der Waals surface area contributed by atoms with Gasteiger partial charge in [-0.25, -0.2) is 0 Å². The van der Waals surface area contributed by atoms with E-state index in [9.17, 15) is 0 Å². The summed E-state index contributed by atoms with van der Waals surface area (Å²) in [5.41, 5.74) is 2.06. The zero-order valence-corrected chi connectivity index (χ0v) is 12.5. The summed E-state index contributed by atoms with van der Waals surface area (Å²) in [6, 6.07) is 3.60. The van der Waals surface area contributed by atoms with E-state index in [-0.39, 0.29) is 0 Å². The SMILES string of the molecule is C[C@@H]1CC[C@@H](c2ccoc2)N2CC3(CC[C@@H]12)CSC3. The van der Waals surface area contributed by atoms with Crippen LogP contribution in [0.2, 0.25) is 0 Å². The predicted octanol–water partition coefficient (Wildman–Crippen LogP) is 3.95. The van der Waals surface area contributed by atoms with Crippen LogP contribution in [0.5, 0.6) is 0 Å². The molecular formula is C16H23NOS. The van der Waals surface area contributed by atoms with E-state index in [1.54, 1.807) is 0 Å². The number of thioether (sulfide) groups is 1. The first-order chi connectivity index (χ1) is 9.27. The van der Waals surface area contributed by atoms with Crippen molar-refractivity contribution in [3.05, 3.63) is 24.2 Å². The van der Waals surface area contributed by atoms with E-state index in [2.05, 4.69) is 29.7 Å². The van der Waals surface area contributed by atoms with Gasteiger partial charge in [-0.3, -0.25) is 4.90 Å². The summed E-state index contributed by atoms with van der Waals surface area (Å²) in [6.45, 7) is 3.78. The minimum atomic E-state index is 0.614. The van der Waals surface area contributed by atoms with Gasteiger partial charge in [-0.05, 0) is 37.7 Å². The Bertz CT molecular complexity index is 440. The van der Waals surface area contributed by atoms with Crippen LogP contribution < -0.4 is 0 Å². The number of nitrogens with zero attached hydrogens (tertiary/aromatic N) is 1. The van der Waals surface area contributed by atoms with Crippen LogP contribution >= 0.6 is 11.8 Å². The van der Waals surface area contributed by atoms with Crippen molar-refractivity contribution < 1.29 is 4.42 Å². The number of hydrogen-bond acceptors (Lipinski definition) is 3. The molecule has 4 rings (SSSR count). The van der Waals surface area contributed by atoms with E-state index in [1.165, 1.54) is 49.3 Å². The lowest BCUT2D eigenvalue weighted by Gasteiger charge is -2.56. The second-order valence-corrected chi connectivity index (χ2v) is 7.88. The standard InChI is InChI=1S/C16H23NOS/c1-12-2-3-15(13-5-7-18-8-13)17-9-16(10-19-11-16)6-4-14(12)17/h5,7-8,12,14-15H,2-4,6,9-11H2,1H3/t12-,14+,15+/m1/s1. The first-order valence-electron chi connectivity index (χ1n) is 7.63. The predicted molar refractivity (Wildman–Crippen MR) is 79.3 cm³/mol. The lowest BCUT2D eigenvalue weighted by molar-refractivity contribution is -0.0299. The summed E-state index contributed by atoms with van der Waals surface area (Å²) in [5.74, 6) is 3.65. The molecule has 3 saturated heterocycles. The summed E-state index contributed by atoms with van der Waals surface area (Å²) in [4.78, 5) is 2.84. The fourth-order valence-corrected chi connectivity index (χ4v) is 5.64.